The monoisotopic (exact) mass is 256 g/mol. The van der Waals surface area contributed by atoms with Crippen LogP contribution >= 0.6 is 0 Å². The van der Waals surface area contributed by atoms with E-state index in [1.165, 1.54) is 11.3 Å². The predicted octanol–water partition coefficient (Wildman–Crippen LogP) is 2.71. The zero-order valence-electron chi connectivity index (χ0n) is 11.7. The van der Waals surface area contributed by atoms with Crippen molar-refractivity contribution in [2.45, 2.75) is 26.3 Å². The summed E-state index contributed by atoms with van der Waals surface area (Å²) in [6.45, 7) is 5.31. The lowest BCUT2D eigenvalue weighted by Gasteiger charge is -2.12. The highest BCUT2D eigenvalue weighted by Gasteiger charge is 2.18. The van der Waals surface area contributed by atoms with Crippen molar-refractivity contribution in [3.63, 3.8) is 0 Å². The van der Waals surface area contributed by atoms with Gasteiger partial charge in [-0.3, -0.25) is 0 Å². The molecule has 0 aliphatic carbocycles. The van der Waals surface area contributed by atoms with E-state index in [0.717, 1.165) is 30.0 Å². The second-order valence-corrected chi connectivity index (χ2v) is 5.49. The van der Waals surface area contributed by atoms with Crippen molar-refractivity contribution >= 4 is 11.5 Å². The molecule has 0 saturated heterocycles. The third kappa shape index (κ3) is 1.87. The van der Waals surface area contributed by atoms with Crippen LogP contribution in [0.3, 0.4) is 0 Å². The SMILES string of the molecule is CC(C)n1cnc(-c2ccc3c(c2)CCN3C)c1N. The van der Waals surface area contributed by atoms with Gasteiger partial charge in [0.15, 0.2) is 0 Å². The van der Waals surface area contributed by atoms with Gasteiger partial charge in [-0.15, -0.1) is 0 Å². The Morgan fingerprint density at radius 1 is 1.32 bits per heavy atom. The standard InChI is InChI=1S/C15H20N4/c1-10(2)19-9-17-14(15(19)16)12-4-5-13-11(8-12)6-7-18(13)3/h4-5,8-10H,6-7,16H2,1-3H3. The highest BCUT2D eigenvalue weighted by Crippen LogP contribution is 2.33. The lowest BCUT2D eigenvalue weighted by Crippen LogP contribution is -2.12. The van der Waals surface area contributed by atoms with Gasteiger partial charge >= 0.3 is 0 Å². The van der Waals surface area contributed by atoms with E-state index in [4.69, 9.17) is 5.73 Å². The van der Waals surface area contributed by atoms with Crippen LogP contribution in [0, 0.1) is 0 Å². The average Bonchev–Trinajstić information content (AvgIpc) is 2.93. The number of likely N-dealkylation sites (N-methyl/N-ethyl adjacent to an activating group) is 1. The maximum absolute atomic E-state index is 6.20. The molecular weight excluding hydrogens is 236 g/mol. The number of hydrogen-bond donors (Lipinski definition) is 1. The van der Waals surface area contributed by atoms with E-state index in [1.807, 2.05) is 10.9 Å². The molecule has 1 aromatic carbocycles. The Morgan fingerprint density at radius 3 is 2.79 bits per heavy atom. The Hall–Kier alpha value is -1.97. The summed E-state index contributed by atoms with van der Waals surface area (Å²) < 4.78 is 2.01. The first kappa shape index (κ1) is 12.1. The predicted molar refractivity (Wildman–Crippen MR) is 79.4 cm³/mol. The van der Waals surface area contributed by atoms with Crippen molar-refractivity contribution in [1.82, 2.24) is 9.55 Å². The molecule has 4 heteroatoms. The van der Waals surface area contributed by atoms with Gasteiger partial charge in [-0.2, -0.15) is 0 Å². The first-order chi connectivity index (χ1) is 9.08. The van der Waals surface area contributed by atoms with Crippen molar-refractivity contribution < 1.29 is 0 Å². The van der Waals surface area contributed by atoms with Gasteiger partial charge in [0, 0.05) is 30.9 Å². The Labute approximate surface area is 113 Å². The Kier molecular flexibility index (Phi) is 2.73. The van der Waals surface area contributed by atoms with Crippen molar-refractivity contribution in [3.05, 3.63) is 30.1 Å². The zero-order valence-corrected chi connectivity index (χ0v) is 11.7. The van der Waals surface area contributed by atoms with Crippen LogP contribution < -0.4 is 10.6 Å². The number of rotatable bonds is 2. The normalized spacial score (nSPS) is 14.2. The zero-order chi connectivity index (χ0) is 13.6. The second kappa shape index (κ2) is 4.30. The van der Waals surface area contributed by atoms with Crippen molar-refractivity contribution in [3.8, 4) is 11.3 Å². The minimum Gasteiger partial charge on any atom is -0.383 e. The van der Waals surface area contributed by atoms with E-state index < -0.39 is 0 Å². The molecule has 4 nitrogen and oxygen atoms in total. The van der Waals surface area contributed by atoms with Crippen LogP contribution in [-0.4, -0.2) is 23.1 Å². The van der Waals surface area contributed by atoms with Crippen LogP contribution in [0.5, 0.6) is 0 Å². The van der Waals surface area contributed by atoms with E-state index >= 15 is 0 Å². The molecule has 0 unspecified atom stereocenters. The van der Waals surface area contributed by atoms with Crippen molar-refractivity contribution in [2.24, 2.45) is 0 Å². The average molecular weight is 256 g/mol. The summed E-state index contributed by atoms with van der Waals surface area (Å²) in [5.41, 5.74) is 10.9. The van der Waals surface area contributed by atoms with Gasteiger partial charge in [-0.25, -0.2) is 4.98 Å². The molecule has 0 amide bonds. The van der Waals surface area contributed by atoms with E-state index in [9.17, 15) is 0 Å². The minimum absolute atomic E-state index is 0.335. The molecule has 0 bridgehead atoms. The van der Waals surface area contributed by atoms with Crippen LogP contribution in [0.25, 0.3) is 11.3 Å². The molecule has 100 valence electrons. The van der Waals surface area contributed by atoms with E-state index in [2.05, 4.69) is 49.0 Å². The summed E-state index contributed by atoms with van der Waals surface area (Å²) in [4.78, 5) is 6.76. The van der Waals surface area contributed by atoms with Crippen LogP contribution in [-0.2, 0) is 6.42 Å². The highest BCUT2D eigenvalue weighted by atomic mass is 15.1. The third-order valence-corrected chi connectivity index (χ3v) is 3.87. The van der Waals surface area contributed by atoms with E-state index in [0.29, 0.717) is 6.04 Å². The van der Waals surface area contributed by atoms with Crippen LogP contribution in [0.15, 0.2) is 24.5 Å². The molecule has 2 N–H and O–H groups in total. The highest BCUT2D eigenvalue weighted by molar-refractivity contribution is 5.74. The molecule has 1 aliphatic heterocycles. The van der Waals surface area contributed by atoms with Crippen LogP contribution in [0.1, 0.15) is 25.5 Å². The molecule has 0 spiro atoms. The number of nitrogens with two attached hydrogens (primary N) is 1. The molecule has 2 aromatic rings. The number of fused-ring (bicyclic) bond motifs is 1. The minimum atomic E-state index is 0.335. The number of imidazole rings is 1. The van der Waals surface area contributed by atoms with Crippen LogP contribution in [0.4, 0.5) is 11.5 Å². The van der Waals surface area contributed by atoms with Gasteiger partial charge in [0.1, 0.15) is 11.5 Å². The van der Waals surface area contributed by atoms with Crippen LogP contribution in [0.2, 0.25) is 0 Å². The fourth-order valence-corrected chi connectivity index (χ4v) is 2.72. The number of nitrogens with zero attached hydrogens (tertiary/aromatic N) is 3. The first-order valence-electron chi connectivity index (χ1n) is 6.74. The molecule has 0 fully saturated rings. The summed E-state index contributed by atoms with van der Waals surface area (Å²) in [6, 6.07) is 6.85. The fraction of sp³-hybridized carbons (Fsp3) is 0.400. The molecule has 0 radical (unpaired) electrons. The molecule has 0 atom stereocenters. The molecule has 1 aliphatic rings. The van der Waals surface area contributed by atoms with Gasteiger partial charge in [-0.05, 0) is 38.0 Å². The van der Waals surface area contributed by atoms with Gasteiger partial charge in [0.25, 0.3) is 0 Å². The molecule has 19 heavy (non-hydrogen) atoms. The Bertz CT molecular complexity index is 613. The summed E-state index contributed by atoms with van der Waals surface area (Å²) >= 11 is 0. The molecule has 0 saturated carbocycles. The lowest BCUT2D eigenvalue weighted by molar-refractivity contribution is 0.607. The van der Waals surface area contributed by atoms with Gasteiger partial charge in [0.2, 0.25) is 0 Å². The fourth-order valence-electron chi connectivity index (χ4n) is 2.72. The van der Waals surface area contributed by atoms with Crippen molar-refractivity contribution in [2.75, 3.05) is 24.2 Å². The Balaban J connectivity index is 2.04. The number of hydrogen-bond acceptors (Lipinski definition) is 3. The summed E-state index contributed by atoms with van der Waals surface area (Å²) in [7, 11) is 2.13. The number of aromatic nitrogens is 2. The number of nitrogen functional groups attached to an aromatic ring is 1. The number of benzene rings is 1. The molecule has 1 aromatic heterocycles. The summed E-state index contributed by atoms with van der Waals surface area (Å²) in [5.74, 6) is 0.751. The van der Waals surface area contributed by atoms with E-state index in [1.54, 1.807) is 0 Å². The smallest absolute Gasteiger partial charge is 0.131 e. The Morgan fingerprint density at radius 2 is 2.11 bits per heavy atom. The van der Waals surface area contributed by atoms with Gasteiger partial charge in [-0.1, -0.05) is 6.07 Å². The lowest BCUT2D eigenvalue weighted by atomic mass is 10.1. The third-order valence-electron chi connectivity index (χ3n) is 3.87. The topological polar surface area (TPSA) is 47.1 Å². The molecular formula is C15H20N4. The maximum Gasteiger partial charge on any atom is 0.131 e. The van der Waals surface area contributed by atoms with Gasteiger partial charge < -0.3 is 15.2 Å². The largest absolute Gasteiger partial charge is 0.383 e. The number of anilines is 2. The molecule has 2 heterocycles. The van der Waals surface area contributed by atoms with Gasteiger partial charge in [0.05, 0.1) is 6.33 Å². The summed E-state index contributed by atoms with van der Waals surface area (Å²) in [5, 5.41) is 0. The first-order valence-corrected chi connectivity index (χ1v) is 6.74. The summed E-state index contributed by atoms with van der Waals surface area (Å²) in [6.07, 6.45) is 2.93. The second-order valence-electron chi connectivity index (χ2n) is 5.49. The van der Waals surface area contributed by atoms with E-state index in [-0.39, 0.29) is 0 Å². The van der Waals surface area contributed by atoms with Crippen molar-refractivity contribution in [1.29, 1.82) is 0 Å². The maximum atomic E-state index is 6.20. The quantitative estimate of drug-likeness (QED) is 0.898. The molecule has 3 rings (SSSR count).